The van der Waals surface area contributed by atoms with Crippen LogP contribution in [0.25, 0.3) is 0 Å². The van der Waals surface area contributed by atoms with E-state index >= 15 is 0 Å². The van der Waals surface area contributed by atoms with E-state index < -0.39 is 0 Å². The Bertz CT molecular complexity index is 332. The van der Waals surface area contributed by atoms with Crippen LogP contribution in [0.5, 0.6) is 5.75 Å². The minimum atomic E-state index is 0.867. The summed E-state index contributed by atoms with van der Waals surface area (Å²) < 4.78 is 5.11. The normalized spacial score (nSPS) is 10.6. The van der Waals surface area contributed by atoms with E-state index in [9.17, 15) is 0 Å². The molecule has 0 aromatic heterocycles. The lowest BCUT2D eigenvalue weighted by molar-refractivity contribution is 0.414. The Labute approximate surface area is 85.0 Å². The highest BCUT2D eigenvalue weighted by molar-refractivity contribution is 5.63. The highest BCUT2D eigenvalue weighted by Crippen LogP contribution is 2.22. The molecule has 0 bridgehead atoms. The molecule has 0 radical (unpaired) electrons. The third-order valence-electron chi connectivity index (χ3n) is 1.83. The topological polar surface area (TPSA) is 24.8 Å². The second-order valence-electron chi connectivity index (χ2n) is 3.36. The molecule has 76 valence electrons. The van der Waals surface area contributed by atoms with Crippen molar-refractivity contribution >= 4 is 12.0 Å². The van der Waals surface area contributed by atoms with E-state index in [0.717, 1.165) is 17.0 Å². The lowest BCUT2D eigenvalue weighted by Gasteiger charge is -2.05. The van der Waals surface area contributed by atoms with Crippen LogP contribution < -0.4 is 4.74 Å². The van der Waals surface area contributed by atoms with Crippen molar-refractivity contribution < 1.29 is 4.74 Å². The Hall–Kier alpha value is -1.51. The molecule has 0 amide bonds. The van der Waals surface area contributed by atoms with Crippen molar-refractivity contribution in [2.24, 2.45) is 4.99 Å². The van der Waals surface area contributed by atoms with Gasteiger partial charge in [-0.1, -0.05) is 0 Å². The summed E-state index contributed by atoms with van der Waals surface area (Å²) in [6.07, 6.45) is 1.79. The van der Waals surface area contributed by atoms with Crippen molar-refractivity contribution in [1.29, 1.82) is 0 Å². The van der Waals surface area contributed by atoms with Gasteiger partial charge in [0.1, 0.15) is 5.75 Å². The van der Waals surface area contributed by atoms with E-state index in [1.165, 1.54) is 0 Å². The Morgan fingerprint density at radius 1 is 1.36 bits per heavy atom. The van der Waals surface area contributed by atoms with Gasteiger partial charge < -0.3 is 9.64 Å². The molecule has 0 aliphatic heterocycles. The van der Waals surface area contributed by atoms with Gasteiger partial charge in [0.05, 0.1) is 19.1 Å². The van der Waals surface area contributed by atoms with Crippen LogP contribution in [0.3, 0.4) is 0 Å². The average Bonchev–Trinajstić information content (AvgIpc) is 2.15. The van der Waals surface area contributed by atoms with Crippen molar-refractivity contribution in [2.45, 2.75) is 6.92 Å². The summed E-state index contributed by atoms with van der Waals surface area (Å²) in [6, 6.07) is 5.84. The molecule has 0 aliphatic rings. The zero-order chi connectivity index (χ0) is 10.6. The fourth-order valence-corrected chi connectivity index (χ4v) is 1.08. The van der Waals surface area contributed by atoms with Gasteiger partial charge >= 0.3 is 0 Å². The molecule has 0 N–H and O–H groups in total. The predicted molar refractivity (Wildman–Crippen MR) is 59.6 cm³/mol. The Morgan fingerprint density at radius 2 is 2.07 bits per heavy atom. The minimum absolute atomic E-state index is 0.867. The number of aliphatic imine (C=N–C) groups is 1. The first-order chi connectivity index (χ1) is 6.63. The lowest BCUT2D eigenvalue weighted by atomic mass is 10.2. The maximum Gasteiger partial charge on any atom is 0.119 e. The van der Waals surface area contributed by atoms with Gasteiger partial charge in [0.25, 0.3) is 0 Å². The fourth-order valence-electron chi connectivity index (χ4n) is 1.08. The van der Waals surface area contributed by atoms with Crippen molar-refractivity contribution in [2.75, 3.05) is 21.2 Å². The molecule has 0 spiro atoms. The third-order valence-corrected chi connectivity index (χ3v) is 1.83. The Morgan fingerprint density at radius 3 is 2.57 bits per heavy atom. The summed E-state index contributed by atoms with van der Waals surface area (Å²) in [5.41, 5.74) is 2.09. The molecule has 0 heterocycles. The average molecular weight is 192 g/mol. The molecular formula is C11H16N2O. The second kappa shape index (κ2) is 4.65. The summed E-state index contributed by atoms with van der Waals surface area (Å²) in [6.45, 7) is 2.02. The van der Waals surface area contributed by atoms with Gasteiger partial charge in [0.2, 0.25) is 0 Å². The maximum absolute atomic E-state index is 5.11. The van der Waals surface area contributed by atoms with Gasteiger partial charge in [-0.2, -0.15) is 0 Å². The van der Waals surface area contributed by atoms with E-state index in [1.54, 1.807) is 13.4 Å². The van der Waals surface area contributed by atoms with Gasteiger partial charge in [-0.25, -0.2) is 4.99 Å². The zero-order valence-electron chi connectivity index (χ0n) is 9.11. The largest absolute Gasteiger partial charge is 0.497 e. The van der Waals surface area contributed by atoms with Gasteiger partial charge in [-0.15, -0.1) is 0 Å². The molecule has 1 aromatic rings. The first kappa shape index (κ1) is 10.6. The SMILES string of the molecule is COc1ccc(N=CN(C)C)c(C)c1. The quantitative estimate of drug-likeness (QED) is 0.542. The third kappa shape index (κ3) is 2.76. The van der Waals surface area contributed by atoms with Gasteiger partial charge in [-0.05, 0) is 30.7 Å². The summed E-state index contributed by atoms with van der Waals surface area (Å²) in [5, 5.41) is 0. The van der Waals surface area contributed by atoms with Crippen LogP contribution in [0, 0.1) is 6.92 Å². The number of methoxy groups -OCH3 is 1. The minimum Gasteiger partial charge on any atom is -0.497 e. The molecule has 0 aliphatic carbocycles. The van der Waals surface area contributed by atoms with E-state index in [4.69, 9.17) is 4.74 Å². The van der Waals surface area contributed by atoms with Crippen LogP contribution in [0.4, 0.5) is 5.69 Å². The number of hydrogen-bond acceptors (Lipinski definition) is 2. The highest BCUT2D eigenvalue weighted by atomic mass is 16.5. The van der Waals surface area contributed by atoms with E-state index in [-0.39, 0.29) is 0 Å². The summed E-state index contributed by atoms with van der Waals surface area (Å²) in [5.74, 6) is 0.867. The van der Waals surface area contributed by atoms with Crippen LogP contribution in [0.15, 0.2) is 23.2 Å². The molecule has 1 rings (SSSR count). The smallest absolute Gasteiger partial charge is 0.119 e. The Balaban J connectivity index is 2.89. The van der Waals surface area contributed by atoms with Crippen LogP contribution in [-0.2, 0) is 0 Å². The highest BCUT2D eigenvalue weighted by Gasteiger charge is 1.97. The number of hydrogen-bond donors (Lipinski definition) is 0. The van der Waals surface area contributed by atoms with Crippen LogP contribution >= 0.6 is 0 Å². The molecule has 14 heavy (non-hydrogen) atoms. The molecule has 3 nitrogen and oxygen atoms in total. The standard InChI is InChI=1S/C11H16N2O/c1-9-7-10(14-4)5-6-11(9)12-8-13(2)3/h5-8H,1-4H3. The number of rotatable bonds is 3. The molecule has 0 saturated heterocycles. The van der Waals surface area contributed by atoms with Gasteiger partial charge in [0, 0.05) is 14.1 Å². The van der Waals surface area contributed by atoms with Gasteiger partial charge in [-0.3, -0.25) is 0 Å². The number of ether oxygens (including phenoxy) is 1. The van der Waals surface area contributed by atoms with E-state index in [1.807, 2.05) is 44.1 Å². The summed E-state index contributed by atoms with van der Waals surface area (Å²) in [7, 11) is 5.56. The lowest BCUT2D eigenvalue weighted by Crippen LogP contribution is -2.07. The van der Waals surface area contributed by atoms with E-state index in [0.29, 0.717) is 0 Å². The van der Waals surface area contributed by atoms with Crippen LogP contribution in [0.1, 0.15) is 5.56 Å². The molecular weight excluding hydrogens is 176 g/mol. The molecule has 1 aromatic carbocycles. The Kier molecular flexibility index (Phi) is 3.51. The number of nitrogens with zero attached hydrogens (tertiary/aromatic N) is 2. The first-order valence-electron chi connectivity index (χ1n) is 4.48. The van der Waals surface area contributed by atoms with Crippen molar-refractivity contribution in [1.82, 2.24) is 4.90 Å². The van der Waals surface area contributed by atoms with E-state index in [2.05, 4.69) is 4.99 Å². The molecule has 0 unspecified atom stereocenters. The first-order valence-corrected chi connectivity index (χ1v) is 4.48. The van der Waals surface area contributed by atoms with Crippen molar-refractivity contribution in [3.05, 3.63) is 23.8 Å². The summed E-state index contributed by atoms with van der Waals surface area (Å²) >= 11 is 0. The summed E-state index contributed by atoms with van der Waals surface area (Å²) in [4.78, 5) is 6.23. The molecule has 0 fully saturated rings. The molecule has 0 atom stereocenters. The van der Waals surface area contributed by atoms with Crippen molar-refractivity contribution in [3.63, 3.8) is 0 Å². The molecule has 0 saturated carbocycles. The molecule has 3 heteroatoms. The number of aryl methyl sites for hydroxylation is 1. The fraction of sp³-hybridized carbons (Fsp3) is 0.364. The van der Waals surface area contributed by atoms with Crippen LogP contribution in [0.2, 0.25) is 0 Å². The maximum atomic E-state index is 5.11. The predicted octanol–water partition coefficient (Wildman–Crippen LogP) is 2.23. The number of benzene rings is 1. The zero-order valence-corrected chi connectivity index (χ0v) is 9.11. The second-order valence-corrected chi connectivity index (χ2v) is 3.36. The van der Waals surface area contributed by atoms with Crippen LogP contribution in [-0.4, -0.2) is 32.4 Å². The van der Waals surface area contributed by atoms with Crippen molar-refractivity contribution in [3.8, 4) is 5.75 Å². The van der Waals surface area contributed by atoms with Gasteiger partial charge in [0.15, 0.2) is 0 Å². The monoisotopic (exact) mass is 192 g/mol.